The third kappa shape index (κ3) is 2.78. The summed E-state index contributed by atoms with van der Waals surface area (Å²) in [5.74, 6) is -3.08. The van der Waals surface area contributed by atoms with Crippen LogP contribution in [0.4, 0.5) is 11.4 Å². The third-order valence-electron chi connectivity index (χ3n) is 6.26. The number of hydrogen-bond donors (Lipinski definition) is 0. The van der Waals surface area contributed by atoms with E-state index in [1.807, 2.05) is 0 Å². The minimum atomic E-state index is -0.950. The fourth-order valence-electron chi connectivity index (χ4n) is 4.80. The van der Waals surface area contributed by atoms with Crippen molar-refractivity contribution in [2.24, 2.45) is 16.9 Å². The molecule has 9 nitrogen and oxygen atoms in total. The highest BCUT2D eigenvalue weighted by Gasteiger charge is 2.64. The van der Waals surface area contributed by atoms with Crippen molar-refractivity contribution in [2.75, 3.05) is 4.90 Å². The fraction of sp³-hybridized carbons (Fsp3) is 0.217. The van der Waals surface area contributed by atoms with Crippen LogP contribution in [-0.4, -0.2) is 45.8 Å². The first-order valence-electron chi connectivity index (χ1n) is 10.1. The van der Waals surface area contributed by atoms with Gasteiger partial charge in [0.2, 0.25) is 11.8 Å². The molecule has 3 aliphatic heterocycles. The van der Waals surface area contributed by atoms with Crippen molar-refractivity contribution in [2.45, 2.75) is 19.0 Å². The van der Waals surface area contributed by atoms with E-state index in [1.54, 1.807) is 49.4 Å². The second-order valence-corrected chi connectivity index (χ2v) is 7.99. The number of ketones is 1. The zero-order chi connectivity index (χ0) is 22.6. The molecule has 2 fully saturated rings. The van der Waals surface area contributed by atoms with Gasteiger partial charge in [-0.2, -0.15) is 5.10 Å². The van der Waals surface area contributed by atoms with Crippen LogP contribution in [0.15, 0.2) is 65.8 Å². The number of carbonyl (C=O) groups is 3. The van der Waals surface area contributed by atoms with Gasteiger partial charge >= 0.3 is 0 Å². The Morgan fingerprint density at radius 2 is 1.78 bits per heavy atom. The maximum Gasteiger partial charge on any atom is 0.271 e. The van der Waals surface area contributed by atoms with E-state index in [4.69, 9.17) is 0 Å². The Bertz CT molecular complexity index is 1220. The number of benzene rings is 2. The maximum absolute atomic E-state index is 13.6. The zero-order valence-corrected chi connectivity index (χ0v) is 17.0. The normalized spacial score (nSPS) is 25.8. The van der Waals surface area contributed by atoms with Crippen molar-refractivity contribution in [1.29, 1.82) is 0 Å². The van der Waals surface area contributed by atoms with Crippen LogP contribution < -0.4 is 4.90 Å². The number of carbonyl (C=O) groups excluding carboxylic acids is 3. The molecular formula is C23H18N4O5. The molecule has 0 bridgehead atoms. The summed E-state index contributed by atoms with van der Waals surface area (Å²) in [4.78, 5) is 52.2. The molecule has 0 radical (unpaired) electrons. The number of nitro benzene ring substituents is 1. The van der Waals surface area contributed by atoms with E-state index in [0.29, 0.717) is 11.1 Å². The quantitative estimate of drug-likeness (QED) is 0.319. The van der Waals surface area contributed by atoms with Gasteiger partial charge in [-0.1, -0.05) is 42.5 Å². The number of nitrogens with zero attached hydrogens (tertiary/aromatic N) is 4. The van der Waals surface area contributed by atoms with Crippen LogP contribution in [0, 0.1) is 28.9 Å². The van der Waals surface area contributed by atoms with E-state index in [-0.39, 0.29) is 17.2 Å². The molecule has 0 unspecified atom stereocenters. The Kier molecular flexibility index (Phi) is 4.47. The van der Waals surface area contributed by atoms with Gasteiger partial charge in [-0.3, -0.25) is 29.5 Å². The Balaban J connectivity index is 1.60. The van der Waals surface area contributed by atoms with Crippen molar-refractivity contribution in [3.05, 3.63) is 81.9 Å². The van der Waals surface area contributed by atoms with Crippen molar-refractivity contribution in [1.82, 2.24) is 5.01 Å². The number of imide groups is 1. The molecule has 2 aromatic carbocycles. The topological polar surface area (TPSA) is 113 Å². The highest BCUT2D eigenvalue weighted by molar-refractivity contribution is 6.25. The van der Waals surface area contributed by atoms with Crippen molar-refractivity contribution in [3.8, 4) is 0 Å². The average molecular weight is 430 g/mol. The molecule has 0 aliphatic carbocycles. The van der Waals surface area contributed by atoms with Gasteiger partial charge in [0.1, 0.15) is 6.04 Å². The van der Waals surface area contributed by atoms with Gasteiger partial charge in [0.25, 0.3) is 5.69 Å². The number of allylic oxidation sites excluding steroid dienone is 1. The summed E-state index contributed by atoms with van der Waals surface area (Å²) in [6.07, 6.45) is 4.98. The SMILES string of the molecule is Cc1ccc([N+](=O)[O-])cc1N1C(=O)[C@@H]2[C@@H](C1=O)[C@@H](C(=O)c1ccccc1)N1N=CC=C[C@H]21. The monoisotopic (exact) mass is 430 g/mol. The maximum atomic E-state index is 13.6. The summed E-state index contributed by atoms with van der Waals surface area (Å²) < 4.78 is 0. The van der Waals surface area contributed by atoms with Gasteiger partial charge in [-0.25, -0.2) is 4.90 Å². The third-order valence-corrected chi connectivity index (χ3v) is 6.26. The Labute approximate surface area is 182 Å². The van der Waals surface area contributed by atoms with Crippen LogP contribution in [0.5, 0.6) is 0 Å². The van der Waals surface area contributed by atoms with Crippen molar-refractivity contribution >= 4 is 35.2 Å². The number of aryl methyl sites for hydroxylation is 1. The van der Waals surface area contributed by atoms with Gasteiger partial charge in [-0.15, -0.1) is 0 Å². The van der Waals surface area contributed by atoms with E-state index in [9.17, 15) is 24.5 Å². The van der Waals surface area contributed by atoms with Gasteiger partial charge in [0.15, 0.2) is 5.78 Å². The van der Waals surface area contributed by atoms with Crippen LogP contribution >= 0.6 is 0 Å². The summed E-state index contributed by atoms with van der Waals surface area (Å²) in [5, 5.41) is 17.1. The second-order valence-electron chi connectivity index (χ2n) is 7.99. The fourth-order valence-corrected chi connectivity index (χ4v) is 4.80. The second kappa shape index (κ2) is 7.23. The smallest absolute Gasteiger partial charge is 0.271 e. The van der Waals surface area contributed by atoms with E-state index >= 15 is 0 Å². The van der Waals surface area contributed by atoms with E-state index in [2.05, 4.69) is 5.10 Å². The predicted octanol–water partition coefficient (Wildman–Crippen LogP) is 2.50. The summed E-state index contributed by atoms with van der Waals surface area (Å²) in [6.45, 7) is 1.68. The molecule has 5 rings (SSSR count). The Morgan fingerprint density at radius 1 is 1.06 bits per heavy atom. The highest BCUT2D eigenvalue weighted by Crippen LogP contribution is 2.47. The van der Waals surface area contributed by atoms with E-state index in [0.717, 1.165) is 4.90 Å². The first kappa shape index (κ1) is 19.8. The largest absolute Gasteiger partial charge is 0.292 e. The molecule has 3 heterocycles. The number of Topliss-reactive ketones (excluding diaryl/α,β-unsaturated/α-hetero) is 1. The minimum Gasteiger partial charge on any atom is -0.292 e. The molecule has 2 amide bonds. The molecule has 4 atom stereocenters. The molecule has 160 valence electrons. The lowest BCUT2D eigenvalue weighted by atomic mass is 9.86. The number of fused-ring (bicyclic) bond motifs is 3. The summed E-state index contributed by atoms with van der Waals surface area (Å²) in [6, 6.07) is 11.1. The zero-order valence-electron chi connectivity index (χ0n) is 17.0. The van der Waals surface area contributed by atoms with E-state index in [1.165, 1.54) is 29.4 Å². The molecule has 2 aromatic rings. The minimum absolute atomic E-state index is 0.171. The number of rotatable bonds is 4. The molecule has 2 saturated heterocycles. The van der Waals surface area contributed by atoms with Crippen LogP contribution in [0.1, 0.15) is 15.9 Å². The Hall–Kier alpha value is -4.14. The molecular weight excluding hydrogens is 412 g/mol. The molecule has 0 saturated carbocycles. The lowest BCUT2D eigenvalue weighted by Gasteiger charge is -2.30. The van der Waals surface area contributed by atoms with Gasteiger partial charge < -0.3 is 0 Å². The number of amides is 2. The number of hydrazone groups is 1. The molecule has 9 heteroatoms. The van der Waals surface area contributed by atoms with Gasteiger partial charge in [-0.05, 0) is 18.6 Å². The van der Waals surface area contributed by atoms with Gasteiger partial charge in [0.05, 0.1) is 28.5 Å². The molecule has 3 aliphatic rings. The first-order valence-corrected chi connectivity index (χ1v) is 10.1. The Morgan fingerprint density at radius 3 is 2.50 bits per heavy atom. The van der Waals surface area contributed by atoms with Crippen molar-refractivity contribution in [3.63, 3.8) is 0 Å². The van der Waals surface area contributed by atoms with Crippen LogP contribution in [-0.2, 0) is 9.59 Å². The average Bonchev–Trinajstić information content (AvgIpc) is 3.27. The lowest BCUT2D eigenvalue weighted by Crippen LogP contribution is -2.46. The molecule has 0 N–H and O–H groups in total. The molecule has 32 heavy (non-hydrogen) atoms. The van der Waals surface area contributed by atoms with Crippen molar-refractivity contribution < 1.29 is 19.3 Å². The highest BCUT2D eigenvalue weighted by atomic mass is 16.6. The van der Waals surface area contributed by atoms with Gasteiger partial charge in [0, 0.05) is 23.9 Å². The number of hydrogen-bond acceptors (Lipinski definition) is 7. The van der Waals surface area contributed by atoms with Crippen LogP contribution in [0.3, 0.4) is 0 Å². The molecule has 0 spiro atoms. The van der Waals surface area contributed by atoms with E-state index < -0.39 is 40.7 Å². The summed E-state index contributed by atoms with van der Waals surface area (Å²) >= 11 is 0. The summed E-state index contributed by atoms with van der Waals surface area (Å²) in [7, 11) is 0. The number of non-ortho nitro benzene ring substituents is 1. The number of nitro groups is 1. The summed E-state index contributed by atoms with van der Waals surface area (Å²) in [5.41, 5.74) is 0.928. The van der Waals surface area contributed by atoms with Crippen LogP contribution in [0.2, 0.25) is 0 Å². The standard InChI is InChI=1S/C23H18N4O5/c1-13-9-10-15(27(31)32)12-17(13)25-22(29)18-16-8-5-11-24-26(16)20(19(18)23(25)30)21(28)14-6-3-2-4-7-14/h2-12,16,18-20H,1H3/t16-,18+,19-,20+/m1/s1. The number of anilines is 1. The molecule has 0 aromatic heterocycles. The predicted molar refractivity (Wildman–Crippen MR) is 115 cm³/mol. The first-order chi connectivity index (χ1) is 15.4. The lowest BCUT2D eigenvalue weighted by molar-refractivity contribution is -0.384. The van der Waals surface area contributed by atoms with Crippen LogP contribution in [0.25, 0.3) is 0 Å².